The van der Waals surface area contributed by atoms with Crippen molar-refractivity contribution in [3.05, 3.63) is 53.9 Å². The number of rotatable bonds is 6. The lowest BCUT2D eigenvalue weighted by molar-refractivity contribution is 0.0861. The SMILES string of the molecule is Fc1cccc(CN2CCC[C@@]3(CCN(CCCn4cccn4)C3)C2)c1F. The van der Waals surface area contributed by atoms with Crippen LogP contribution in [0.3, 0.4) is 0 Å². The highest BCUT2D eigenvalue weighted by Crippen LogP contribution is 2.39. The van der Waals surface area contributed by atoms with Crippen LogP contribution in [0.15, 0.2) is 36.7 Å². The fraction of sp³-hybridized carbons (Fsp3) is 0.571. The Bertz CT molecular complexity index is 749. The lowest BCUT2D eigenvalue weighted by Crippen LogP contribution is -2.44. The van der Waals surface area contributed by atoms with Crippen LogP contribution < -0.4 is 0 Å². The normalized spacial score (nSPS) is 24.1. The van der Waals surface area contributed by atoms with Crippen molar-refractivity contribution in [3.63, 3.8) is 0 Å². The Labute approximate surface area is 159 Å². The number of piperidine rings is 1. The molecule has 0 N–H and O–H groups in total. The summed E-state index contributed by atoms with van der Waals surface area (Å²) in [4.78, 5) is 4.88. The predicted octanol–water partition coefficient (Wildman–Crippen LogP) is 3.54. The maximum absolute atomic E-state index is 14.0. The summed E-state index contributed by atoms with van der Waals surface area (Å²) >= 11 is 0. The molecular weight excluding hydrogens is 346 g/mol. The van der Waals surface area contributed by atoms with Crippen molar-refractivity contribution >= 4 is 0 Å². The number of hydrogen-bond acceptors (Lipinski definition) is 3. The summed E-state index contributed by atoms with van der Waals surface area (Å²) in [6.45, 7) is 6.78. The van der Waals surface area contributed by atoms with Gasteiger partial charge in [-0.05, 0) is 62.9 Å². The number of aromatic nitrogens is 2. The van der Waals surface area contributed by atoms with Crippen molar-refractivity contribution in [1.29, 1.82) is 0 Å². The van der Waals surface area contributed by atoms with Crippen LogP contribution in [0.2, 0.25) is 0 Å². The van der Waals surface area contributed by atoms with Crippen LogP contribution in [0.25, 0.3) is 0 Å². The van der Waals surface area contributed by atoms with Crippen LogP contribution in [-0.4, -0.2) is 52.3 Å². The van der Waals surface area contributed by atoms with Crippen LogP contribution >= 0.6 is 0 Å². The average molecular weight is 374 g/mol. The first-order valence-corrected chi connectivity index (χ1v) is 9.99. The van der Waals surface area contributed by atoms with E-state index in [1.807, 2.05) is 23.1 Å². The Morgan fingerprint density at radius 3 is 2.74 bits per heavy atom. The molecule has 1 atom stereocenters. The van der Waals surface area contributed by atoms with Gasteiger partial charge in [-0.1, -0.05) is 12.1 Å². The Balaban J connectivity index is 1.30. The first-order chi connectivity index (χ1) is 13.1. The van der Waals surface area contributed by atoms with E-state index in [4.69, 9.17) is 0 Å². The van der Waals surface area contributed by atoms with E-state index in [0.29, 0.717) is 17.5 Å². The number of aryl methyl sites for hydroxylation is 1. The number of likely N-dealkylation sites (tertiary alicyclic amines) is 2. The molecule has 2 aliphatic rings. The van der Waals surface area contributed by atoms with Crippen molar-refractivity contribution in [2.45, 2.75) is 38.8 Å². The molecule has 27 heavy (non-hydrogen) atoms. The van der Waals surface area contributed by atoms with Crippen LogP contribution in [-0.2, 0) is 13.1 Å². The maximum atomic E-state index is 14.0. The molecule has 0 aliphatic carbocycles. The third-order valence-electron chi connectivity index (χ3n) is 6.10. The van der Waals surface area contributed by atoms with Crippen molar-refractivity contribution in [2.24, 2.45) is 5.41 Å². The number of hydrogen-bond donors (Lipinski definition) is 0. The predicted molar refractivity (Wildman–Crippen MR) is 101 cm³/mol. The number of halogens is 2. The molecule has 2 saturated heterocycles. The summed E-state index contributed by atoms with van der Waals surface area (Å²) in [5, 5.41) is 4.26. The van der Waals surface area contributed by atoms with E-state index in [2.05, 4.69) is 14.9 Å². The Hall–Kier alpha value is -1.79. The monoisotopic (exact) mass is 374 g/mol. The van der Waals surface area contributed by atoms with Crippen molar-refractivity contribution in [3.8, 4) is 0 Å². The first kappa shape index (κ1) is 18.6. The second-order valence-corrected chi connectivity index (χ2v) is 8.18. The van der Waals surface area contributed by atoms with E-state index in [1.54, 1.807) is 12.1 Å². The highest BCUT2D eigenvalue weighted by molar-refractivity contribution is 5.19. The third-order valence-corrected chi connectivity index (χ3v) is 6.10. The highest BCUT2D eigenvalue weighted by Gasteiger charge is 2.41. The summed E-state index contributed by atoms with van der Waals surface area (Å²) in [7, 11) is 0. The number of benzene rings is 1. The van der Waals surface area contributed by atoms with Gasteiger partial charge in [0.15, 0.2) is 11.6 Å². The molecule has 2 fully saturated rings. The quantitative estimate of drug-likeness (QED) is 0.773. The fourth-order valence-electron chi connectivity index (χ4n) is 4.80. The molecule has 146 valence electrons. The molecule has 2 aromatic rings. The van der Waals surface area contributed by atoms with Gasteiger partial charge >= 0.3 is 0 Å². The van der Waals surface area contributed by atoms with Gasteiger partial charge in [-0.2, -0.15) is 5.10 Å². The smallest absolute Gasteiger partial charge is 0.163 e. The lowest BCUT2D eigenvalue weighted by Gasteiger charge is -2.40. The van der Waals surface area contributed by atoms with Gasteiger partial charge in [0, 0.05) is 44.1 Å². The molecule has 1 aromatic carbocycles. The fourth-order valence-corrected chi connectivity index (χ4v) is 4.80. The molecule has 0 amide bonds. The minimum absolute atomic E-state index is 0.313. The van der Waals surface area contributed by atoms with Crippen LogP contribution in [0.1, 0.15) is 31.2 Å². The molecule has 1 spiro atoms. The zero-order valence-electron chi connectivity index (χ0n) is 15.8. The molecule has 4 nitrogen and oxygen atoms in total. The zero-order valence-corrected chi connectivity index (χ0v) is 15.8. The largest absolute Gasteiger partial charge is 0.303 e. The Morgan fingerprint density at radius 1 is 1.00 bits per heavy atom. The van der Waals surface area contributed by atoms with Crippen LogP contribution in [0, 0.1) is 17.0 Å². The van der Waals surface area contributed by atoms with Gasteiger partial charge in [-0.25, -0.2) is 8.78 Å². The van der Waals surface area contributed by atoms with Gasteiger partial charge in [0.1, 0.15) is 0 Å². The molecule has 2 aliphatic heterocycles. The zero-order chi connectivity index (χ0) is 18.7. The second kappa shape index (κ2) is 8.07. The van der Waals surface area contributed by atoms with Crippen molar-refractivity contribution in [1.82, 2.24) is 19.6 Å². The first-order valence-electron chi connectivity index (χ1n) is 9.99. The van der Waals surface area contributed by atoms with Gasteiger partial charge in [0.05, 0.1) is 0 Å². The minimum Gasteiger partial charge on any atom is -0.303 e. The van der Waals surface area contributed by atoms with Gasteiger partial charge in [-0.15, -0.1) is 0 Å². The van der Waals surface area contributed by atoms with Crippen molar-refractivity contribution < 1.29 is 8.78 Å². The molecular formula is C21H28F2N4. The molecule has 0 unspecified atom stereocenters. The van der Waals surface area contributed by atoms with E-state index >= 15 is 0 Å². The summed E-state index contributed by atoms with van der Waals surface area (Å²) in [5.74, 6) is -1.44. The standard InChI is InChI=1S/C21H28F2N4/c22-19-6-1-5-18(20(19)23)15-26-10-2-7-21(17-26)8-14-25(16-21)11-4-13-27-12-3-9-24-27/h1,3,5-6,9,12H,2,4,7-8,10-11,13-17H2/t21-/m0/s1. The van der Waals surface area contributed by atoms with E-state index in [0.717, 1.165) is 52.1 Å². The highest BCUT2D eigenvalue weighted by atomic mass is 19.2. The van der Waals surface area contributed by atoms with Crippen LogP contribution in [0.5, 0.6) is 0 Å². The average Bonchev–Trinajstić information content (AvgIpc) is 3.30. The molecule has 0 saturated carbocycles. The molecule has 1 aromatic heterocycles. The summed E-state index contributed by atoms with van der Waals surface area (Å²) in [5.41, 5.74) is 0.787. The molecule has 3 heterocycles. The molecule has 6 heteroatoms. The lowest BCUT2D eigenvalue weighted by atomic mass is 9.79. The second-order valence-electron chi connectivity index (χ2n) is 8.18. The van der Waals surface area contributed by atoms with Gasteiger partial charge < -0.3 is 4.90 Å². The van der Waals surface area contributed by atoms with Crippen LogP contribution in [0.4, 0.5) is 8.78 Å². The number of nitrogens with zero attached hydrogens (tertiary/aromatic N) is 4. The van der Waals surface area contributed by atoms with E-state index in [9.17, 15) is 8.78 Å². The topological polar surface area (TPSA) is 24.3 Å². The molecule has 0 bridgehead atoms. The maximum Gasteiger partial charge on any atom is 0.163 e. The summed E-state index contributed by atoms with van der Waals surface area (Å²) < 4.78 is 29.5. The summed E-state index contributed by atoms with van der Waals surface area (Å²) in [6, 6.07) is 6.46. The van der Waals surface area contributed by atoms with Gasteiger partial charge in [0.25, 0.3) is 0 Å². The molecule has 0 radical (unpaired) electrons. The van der Waals surface area contributed by atoms with E-state index < -0.39 is 11.6 Å². The van der Waals surface area contributed by atoms with Crippen molar-refractivity contribution in [2.75, 3.05) is 32.7 Å². The Kier molecular flexibility index (Phi) is 5.55. The van der Waals surface area contributed by atoms with E-state index in [1.165, 1.54) is 18.9 Å². The third kappa shape index (κ3) is 4.38. The van der Waals surface area contributed by atoms with Gasteiger partial charge in [-0.3, -0.25) is 9.58 Å². The Morgan fingerprint density at radius 2 is 1.89 bits per heavy atom. The minimum atomic E-state index is -0.747. The molecule has 4 rings (SSSR count). The van der Waals surface area contributed by atoms with E-state index in [-0.39, 0.29) is 0 Å². The summed E-state index contributed by atoms with van der Waals surface area (Å²) in [6.07, 6.45) is 8.52. The van der Waals surface area contributed by atoms with Gasteiger partial charge in [0.2, 0.25) is 0 Å².